The average molecular weight is 568 g/mol. The number of carbonyl (C=O) groups is 1. The summed E-state index contributed by atoms with van der Waals surface area (Å²) in [6.45, 7) is 3.10. The fourth-order valence-electron chi connectivity index (χ4n) is 3.61. The first kappa shape index (κ1) is 25.9. The van der Waals surface area contributed by atoms with Gasteiger partial charge in [-0.25, -0.2) is 9.38 Å². The molecule has 2 N–H and O–H groups in total. The molecule has 1 amide bonds. The Morgan fingerprint density at radius 2 is 2.16 bits per heavy atom. The smallest absolute Gasteiger partial charge is 0.243 e. The van der Waals surface area contributed by atoms with Gasteiger partial charge in [-0.1, -0.05) is 11.6 Å². The molecule has 3 rings (SSSR count). The van der Waals surface area contributed by atoms with Gasteiger partial charge in [0.05, 0.1) is 11.1 Å². The van der Waals surface area contributed by atoms with E-state index in [1.807, 2.05) is 0 Å². The zero-order valence-corrected chi connectivity index (χ0v) is 21.2. The van der Waals surface area contributed by atoms with Gasteiger partial charge < -0.3 is 25.2 Å². The van der Waals surface area contributed by atoms with Crippen molar-refractivity contribution in [3.05, 3.63) is 29.0 Å². The second kappa shape index (κ2) is 12.6. The third kappa shape index (κ3) is 7.94. The number of carbonyl (C=O) groups excluding carboxylic acids is 1. The van der Waals surface area contributed by atoms with Gasteiger partial charge in [-0.2, -0.15) is 0 Å². The number of nitrogens with one attached hydrogen (secondary N) is 2. The minimum absolute atomic E-state index is 0. The number of amides is 1. The molecule has 0 aromatic heterocycles. The molecule has 0 spiro atoms. The molecule has 0 radical (unpaired) electrons. The zero-order valence-electron chi connectivity index (χ0n) is 18.1. The lowest BCUT2D eigenvalue weighted by Gasteiger charge is -2.25. The Labute approximate surface area is 205 Å². The van der Waals surface area contributed by atoms with E-state index in [1.54, 1.807) is 26.2 Å². The number of rotatable bonds is 6. The van der Waals surface area contributed by atoms with Crippen LogP contribution in [0.15, 0.2) is 23.2 Å². The van der Waals surface area contributed by atoms with Crippen molar-refractivity contribution in [2.45, 2.75) is 37.8 Å². The Balaban J connectivity index is 0.00000341. The average Bonchev–Trinajstić information content (AvgIpc) is 3.21. The quantitative estimate of drug-likeness (QED) is 0.314. The maximum absolute atomic E-state index is 13.5. The van der Waals surface area contributed by atoms with E-state index in [2.05, 4.69) is 20.5 Å². The highest BCUT2D eigenvalue weighted by Gasteiger charge is 2.24. The second-order valence-corrected chi connectivity index (χ2v) is 8.40. The highest BCUT2D eigenvalue weighted by molar-refractivity contribution is 14.0. The van der Waals surface area contributed by atoms with Gasteiger partial charge >= 0.3 is 0 Å². The summed E-state index contributed by atoms with van der Waals surface area (Å²) in [6, 6.07) is 4.95. The van der Waals surface area contributed by atoms with Crippen molar-refractivity contribution in [1.82, 2.24) is 15.5 Å². The Hall–Kier alpha value is -1.33. The van der Waals surface area contributed by atoms with Gasteiger partial charge in [-0.3, -0.25) is 4.79 Å². The number of ether oxygens (including phenoxy) is 1. The number of likely N-dealkylation sites (N-methyl/N-ethyl adjacent to an activating group) is 1. The SMILES string of the molecule is CN(C)C(=O)CN=C(NCC1CCCCO1)NC1CCN(c2ccc(F)c(Cl)c2)C1.I. The van der Waals surface area contributed by atoms with E-state index in [1.165, 1.54) is 17.4 Å². The molecular formula is C21H32ClFIN5O2. The van der Waals surface area contributed by atoms with Crippen molar-refractivity contribution in [2.24, 2.45) is 4.99 Å². The Morgan fingerprint density at radius 3 is 2.84 bits per heavy atom. The zero-order chi connectivity index (χ0) is 21.5. The van der Waals surface area contributed by atoms with Crippen LogP contribution in [-0.4, -0.2) is 75.8 Å². The van der Waals surface area contributed by atoms with Crippen LogP contribution in [0.1, 0.15) is 25.7 Å². The van der Waals surface area contributed by atoms with Gasteiger partial charge in [0.25, 0.3) is 0 Å². The van der Waals surface area contributed by atoms with Crippen LogP contribution in [0.25, 0.3) is 0 Å². The normalized spacial score (nSPS) is 21.4. The third-order valence-corrected chi connectivity index (χ3v) is 5.73. The second-order valence-electron chi connectivity index (χ2n) is 8.00. The fraction of sp³-hybridized carbons (Fsp3) is 0.619. The van der Waals surface area contributed by atoms with Crippen LogP contribution in [0.5, 0.6) is 0 Å². The summed E-state index contributed by atoms with van der Waals surface area (Å²) in [6.07, 6.45) is 4.37. The molecule has 10 heteroatoms. The Kier molecular flexibility index (Phi) is 10.6. The summed E-state index contributed by atoms with van der Waals surface area (Å²) in [7, 11) is 3.44. The number of benzene rings is 1. The molecule has 0 bridgehead atoms. The van der Waals surface area contributed by atoms with Gasteiger partial charge in [0.1, 0.15) is 12.4 Å². The van der Waals surface area contributed by atoms with E-state index in [-0.39, 0.29) is 53.6 Å². The molecule has 7 nitrogen and oxygen atoms in total. The molecule has 2 unspecified atom stereocenters. The first-order valence-electron chi connectivity index (χ1n) is 10.5. The molecule has 2 fully saturated rings. The number of anilines is 1. The van der Waals surface area contributed by atoms with Crippen molar-refractivity contribution >= 4 is 53.1 Å². The topological polar surface area (TPSA) is 69.2 Å². The van der Waals surface area contributed by atoms with Crippen LogP contribution in [0.2, 0.25) is 5.02 Å². The fourth-order valence-corrected chi connectivity index (χ4v) is 3.78. The molecule has 2 aliphatic rings. The Morgan fingerprint density at radius 1 is 1.35 bits per heavy atom. The van der Waals surface area contributed by atoms with Crippen LogP contribution in [0.3, 0.4) is 0 Å². The molecule has 2 saturated heterocycles. The van der Waals surface area contributed by atoms with E-state index in [0.29, 0.717) is 12.5 Å². The molecule has 2 atom stereocenters. The van der Waals surface area contributed by atoms with Crippen LogP contribution in [0.4, 0.5) is 10.1 Å². The van der Waals surface area contributed by atoms with Gasteiger partial charge in [-0.15, -0.1) is 24.0 Å². The Bertz CT molecular complexity index is 761. The number of halogens is 3. The predicted octanol–water partition coefficient (Wildman–Crippen LogP) is 2.87. The van der Waals surface area contributed by atoms with Gasteiger partial charge in [0, 0.05) is 52.1 Å². The van der Waals surface area contributed by atoms with Crippen LogP contribution < -0.4 is 15.5 Å². The summed E-state index contributed by atoms with van der Waals surface area (Å²) < 4.78 is 19.2. The van der Waals surface area contributed by atoms with Gasteiger partial charge in [0.15, 0.2) is 5.96 Å². The lowest BCUT2D eigenvalue weighted by molar-refractivity contribution is -0.127. The first-order chi connectivity index (χ1) is 14.4. The molecule has 0 saturated carbocycles. The lowest BCUT2D eigenvalue weighted by atomic mass is 10.1. The molecule has 2 aliphatic heterocycles. The summed E-state index contributed by atoms with van der Waals surface area (Å²) >= 11 is 5.93. The summed E-state index contributed by atoms with van der Waals surface area (Å²) in [4.78, 5) is 20.1. The van der Waals surface area contributed by atoms with E-state index in [4.69, 9.17) is 16.3 Å². The number of nitrogens with zero attached hydrogens (tertiary/aromatic N) is 3. The standard InChI is InChI=1S/C21H31ClFN5O2.HI/c1-27(2)20(29)13-25-21(24-12-17-5-3-4-10-30-17)26-15-8-9-28(14-15)16-6-7-19(23)18(22)11-16;/h6-7,11,15,17H,3-5,8-10,12-14H2,1-2H3,(H2,24,25,26);1H. The number of hydrogen-bond acceptors (Lipinski definition) is 4. The summed E-state index contributed by atoms with van der Waals surface area (Å²) in [5, 5.41) is 6.90. The molecule has 1 aromatic carbocycles. The lowest BCUT2D eigenvalue weighted by Crippen LogP contribution is -2.47. The highest BCUT2D eigenvalue weighted by atomic mass is 127. The van der Waals surface area contributed by atoms with Crippen molar-refractivity contribution in [3.63, 3.8) is 0 Å². The van der Waals surface area contributed by atoms with Crippen LogP contribution in [0, 0.1) is 5.82 Å². The highest BCUT2D eigenvalue weighted by Crippen LogP contribution is 2.25. The number of hydrogen-bond donors (Lipinski definition) is 2. The van der Waals surface area contributed by atoms with E-state index >= 15 is 0 Å². The molecular weight excluding hydrogens is 536 g/mol. The summed E-state index contributed by atoms with van der Waals surface area (Å²) in [5.74, 6) is 0.144. The van der Waals surface area contributed by atoms with Crippen molar-refractivity contribution < 1.29 is 13.9 Å². The van der Waals surface area contributed by atoms with Gasteiger partial charge in [-0.05, 0) is 43.9 Å². The maximum Gasteiger partial charge on any atom is 0.243 e. The summed E-state index contributed by atoms with van der Waals surface area (Å²) in [5.41, 5.74) is 0.899. The molecule has 1 aromatic rings. The molecule has 31 heavy (non-hydrogen) atoms. The largest absolute Gasteiger partial charge is 0.376 e. The minimum atomic E-state index is -0.414. The van der Waals surface area contributed by atoms with Gasteiger partial charge in [0.2, 0.25) is 5.91 Å². The monoisotopic (exact) mass is 567 g/mol. The molecule has 0 aliphatic carbocycles. The van der Waals surface area contributed by atoms with Crippen molar-refractivity contribution in [1.29, 1.82) is 0 Å². The maximum atomic E-state index is 13.5. The number of guanidine groups is 1. The van der Waals surface area contributed by atoms with Crippen LogP contribution in [-0.2, 0) is 9.53 Å². The number of aliphatic imine (C=N–C) groups is 1. The first-order valence-corrected chi connectivity index (χ1v) is 10.9. The van der Waals surface area contributed by atoms with Crippen LogP contribution >= 0.6 is 35.6 Å². The van der Waals surface area contributed by atoms with Crippen molar-refractivity contribution in [2.75, 3.05) is 51.8 Å². The van der Waals surface area contributed by atoms with E-state index < -0.39 is 5.82 Å². The molecule has 174 valence electrons. The van der Waals surface area contributed by atoms with E-state index in [0.717, 1.165) is 44.6 Å². The van der Waals surface area contributed by atoms with Crippen molar-refractivity contribution in [3.8, 4) is 0 Å². The third-order valence-electron chi connectivity index (χ3n) is 5.44. The molecule has 2 heterocycles. The van der Waals surface area contributed by atoms with E-state index in [9.17, 15) is 9.18 Å². The minimum Gasteiger partial charge on any atom is -0.376 e. The predicted molar refractivity (Wildman–Crippen MR) is 133 cm³/mol.